The summed E-state index contributed by atoms with van der Waals surface area (Å²) in [5, 5.41) is 4.48. The van der Waals surface area contributed by atoms with Crippen molar-refractivity contribution < 1.29 is 4.79 Å². The minimum absolute atomic E-state index is 0.243. The lowest BCUT2D eigenvalue weighted by Crippen LogP contribution is -2.39. The van der Waals surface area contributed by atoms with E-state index in [1.807, 2.05) is 23.6 Å². The number of aryl methyl sites for hydroxylation is 3. The van der Waals surface area contributed by atoms with Crippen LogP contribution in [0.2, 0.25) is 0 Å². The summed E-state index contributed by atoms with van der Waals surface area (Å²) in [5.41, 5.74) is 5.92. The average molecular weight is 399 g/mol. The molecule has 2 aliphatic rings. The van der Waals surface area contributed by atoms with Gasteiger partial charge in [0.2, 0.25) is 5.91 Å². The van der Waals surface area contributed by atoms with Gasteiger partial charge >= 0.3 is 0 Å². The van der Waals surface area contributed by atoms with Gasteiger partial charge in [-0.3, -0.25) is 9.48 Å². The molecule has 1 amide bonds. The molecule has 7 heteroatoms. The lowest BCUT2D eigenvalue weighted by molar-refractivity contribution is -0.132. The summed E-state index contributed by atoms with van der Waals surface area (Å²) in [6, 6.07) is 0. The van der Waals surface area contributed by atoms with Crippen molar-refractivity contribution in [3.8, 4) is 0 Å². The highest BCUT2D eigenvalue weighted by atomic mass is 16.2. The topological polar surface area (TPSA) is 59.2 Å². The number of likely N-dealkylation sites (tertiary alicyclic amines) is 1. The molecule has 4 heterocycles. The summed E-state index contributed by atoms with van der Waals surface area (Å²) >= 11 is 0. The van der Waals surface area contributed by atoms with Crippen molar-refractivity contribution in [2.45, 2.75) is 65.5 Å². The maximum atomic E-state index is 13.0. The summed E-state index contributed by atoms with van der Waals surface area (Å²) in [7, 11) is 4.16. The third-order valence-electron chi connectivity index (χ3n) is 6.93. The Labute approximate surface area is 173 Å². The van der Waals surface area contributed by atoms with Gasteiger partial charge in [-0.25, -0.2) is 4.98 Å². The molecule has 0 bridgehead atoms. The summed E-state index contributed by atoms with van der Waals surface area (Å²) in [6.45, 7) is 10.8. The lowest BCUT2D eigenvalue weighted by Gasteiger charge is -2.32. The summed E-state index contributed by atoms with van der Waals surface area (Å²) < 4.78 is 4.25. The Morgan fingerprint density at radius 2 is 1.79 bits per heavy atom. The van der Waals surface area contributed by atoms with E-state index in [9.17, 15) is 4.79 Å². The molecule has 29 heavy (non-hydrogen) atoms. The molecule has 0 atom stereocenters. The Morgan fingerprint density at radius 1 is 1.07 bits per heavy atom. The predicted molar refractivity (Wildman–Crippen MR) is 113 cm³/mol. The third-order valence-corrected chi connectivity index (χ3v) is 6.93. The van der Waals surface area contributed by atoms with Crippen LogP contribution in [0.25, 0.3) is 0 Å². The Balaban J connectivity index is 1.45. The highest BCUT2D eigenvalue weighted by Crippen LogP contribution is 2.32. The maximum absolute atomic E-state index is 13.0. The molecule has 0 N–H and O–H groups in total. The number of rotatable bonds is 4. The van der Waals surface area contributed by atoms with Crippen LogP contribution in [0.5, 0.6) is 0 Å². The summed E-state index contributed by atoms with van der Waals surface area (Å²) in [4.78, 5) is 22.4. The van der Waals surface area contributed by atoms with E-state index in [0.29, 0.717) is 18.9 Å². The number of fused-ring (bicyclic) bond motifs is 1. The quantitative estimate of drug-likeness (QED) is 0.793. The van der Waals surface area contributed by atoms with Crippen molar-refractivity contribution in [2.75, 3.05) is 26.7 Å². The van der Waals surface area contributed by atoms with Crippen molar-refractivity contribution in [3.63, 3.8) is 0 Å². The predicted octanol–water partition coefficient (Wildman–Crippen LogP) is 2.33. The lowest BCUT2D eigenvalue weighted by atomic mass is 9.92. The highest BCUT2D eigenvalue weighted by Gasteiger charge is 2.30. The molecule has 0 spiro atoms. The van der Waals surface area contributed by atoms with Gasteiger partial charge in [0.1, 0.15) is 5.82 Å². The fraction of sp³-hybridized carbons (Fsp3) is 0.682. The molecule has 2 aromatic rings. The van der Waals surface area contributed by atoms with Gasteiger partial charge in [0.05, 0.1) is 23.6 Å². The van der Waals surface area contributed by atoms with Gasteiger partial charge in [-0.2, -0.15) is 5.10 Å². The Bertz CT molecular complexity index is 903. The van der Waals surface area contributed by atoms with Gasteiger partial charge in [-0.15, -0.1) is 0 Å². The van der Waals surface area contributed by atoms with Gasteiger partial charge in [-0.05, 0) is 65.7 Å². The molecule has 2 aliphatic heterocycles. The van der Waals surface area contributed by atoms with E-state index >= 15 is 0 Å². The number of carbonyl (C=O) groups excluding carboxylic acids is 1. The molecule has 7 nitrogen and oxygen atoms in total. The summed E-state index contributed by atoms with van der Waals surface area (Å²) in [5.74, 6) is 1.87. The fourth-order valence-electron chi connectivity index (χ4n) is 4.97. The molecular formula is C22H34N6O. The van der Waals surface area contributed by atoms with Crippen LogP contribution in [0.15, 0.2) is 0 Å². The second-order valence-corrected chi connectivity index (χ2v) is 8.81. The molecule has 4 rings (SSSR count). The maximum Gasteiger partial charge on any atom is 0.223 e. The van der Waals surface area contributed by atoms with E-state index in [1.54, 1.807) is 0 Å². The first-order valence-corrected chi connectivity index (χ1v) is 10.9. The van der Waals surface area contributed by atoms with E-state index in [-0.39, 0.29) is 5.91 Å². The first-order valence-electron chi connectivity index (χ1n) is 10.9. The molecule has 1 saturated heterocycles. The zero-order valence-corrected chi connectivity index (χ0v) is 18.5. The average Bonchev–Trinajstić information content (AvgIpc) is 3.16. The van der Waals surface area contributed by atoms with Crippen LogP contribution in [0, 0.1) is 20.8 Å². The number of hydrogen-bond acceptors (Lipinski definition) is 4. The number of amides is 1. The molecule has 0 unspecified atom stereocenters. The Hall–Kier alpha value is -2.15. The van der Waals surface area contributed by atoms with Crippen LogP contribution in [0.3, 0.4) is 0 Å². The van der Waals surface area contributed by atoms with Crippen molar-refractivity contribution in [3.05, 3.63) is 34.2 Å². The number of aromatic nitrogens is 4. The SMILES string of the molecule is Cc1nn(C)c(C)c1CCC(=O)N1CCn2c(C)nc(C3CCN(C)CC3)c2C1. The largest absolute Gasteiger partial charge is 0.335 e. The minimum Gasteiger partial charge on any atom is -0.335 e. The Kier molecular flexibility index (Phi) is 5.51. The zero-order valence-electron chi connectivity index (χ0n) is 18.5. The first-order chi connectivity index (χ1) is 13.8. The second-order valence-electron chi connectivity index (χ2n) is 8.81. The molecule has 0 saturated carbocycles. The molecule has 158 valence electrons. The Morgan fingerprint density at radius 3 is 2.45 bits per heavy atom. The highest BCUT2D eigenvalue weighted by molar-refractivity contribution is 5.76. The van der Waals surface area contributed by atoms with E-state index in [1.165, 1.54) is 17.0 Å². The normalized spacial score (nSPS) is 18.3. The standard InChI is InChI=1S/C22H34N6O/c1-15-19(16(2)26(5)24-15)6-7-21(29)27-12-13-28-17(3)23-22(20(28)14-27)18-8-10-25(4)11-9-18/h18H,6-14H2,1-5H3. The zero-order chi connectivity index (χ0) is 20.7. The third kappa shape index (κ3) is 3.84. The smallest absolute Gasteiger partial charge is 0.223 e. The summed E-state index contributed by atoms with van der Waals surface area (Å²) in [6.07, 6.45) is 3.63. The van der Waals surface area contributed by atoms with Gasteiger partial charge in [0.15, 0.2) is 0 Å². The van der Waals surface area contributed by atoms with Crippen LogP contribution in [0.1, 0.15) is 59.3 Å². The van der Waals surface area contributed by atoms with Crippen LogP contribution in [-0.2, 0) is 31.4 Å². The number of piperidine rings is 1. The van der Waals surface area contributed by atoms with Crippen molar-refractivity contribution in [2.24, 2.45) is 7.05 Å². The van der Waals surface area contributed by atoms with Crippen LogP contribution >= 0.6 is 0 Å². The molecule has 0 radical (unpaired) electrons. The van der Waals surface area contributed by atoms with E-state index in [4.69, 9.17) is 4.98 Å². The van der Waals surface area contributed by atoms with Gasteiger partial charge in [0, 0.05) is 38.2 Å². The van der Waals surface area contributed by atoms with Crippen molar-refractivity contribution >= 4 is 5.91 Å². The van der Waals surface area contributed by atoms with Crippen LogP contribution in [0.4, 0.5) is 0 Å². The number of hydrogen-bond donors (Lipinski definition) is 0. The van der Waals surface area contributed by atoms with Crippen LogP contribution < -0.4 is 0 Å². The monoisotopic (exact) mass is 398 g/mol. The number of imidazole rings is 1. The van der Waals surface area contributed by atoms with Gasteiger partial charge in [-0.1, -0.05) is 0 Å². The first kappa shape index (κ1) is 20.1. The molecular weight excluding hydrogens is 364 g/mol. The number of nitrogens with zero attached hydrogens (tertiary/aromatic N) is 6. The van der Waals surface area contributed by atoms with Crippen LogP contribution in [-0.4, -0.2) is 61.7 Å². The second kappa shape index (κ2) is 7.94. The van der Waals surface area contributed by atoms with E-state index in [0.717, 1.165) is 62.7 Å². The minimum atomic E-state index is 0.243. The number of carbonyl (C=O) groups is 1. The van der Waals surface area contributed by atoms with Gasteiger partial charge < -0.3 is 14.4 Å². The molecule has 0 aromatic carbocycles. The fourth-order valence-corrected chi connectivity index (χ4v) is 4.97. The van der Waals surface area contributed by atoms with E-state index < -0.39 is 0 Å². The molecule has 1 fully saturated rings. The molecule has 0 aliphatic carbocycles. The van der Waals surface area contributed by atoms with Gasteiger partial charge in [0.25, 0.3) is 0 Å². The van der Waals surface area contributed by atoms with E-state index in [2.05, 4.69) is 35.5 Å². The molecule has 2 aromatic heterocycles. The van der Waals surface area contributed by atoms with Crippen molar-refractivity contribution in [1.29, 1.82) is 0 Å². The van der Waals surface area contributed by atoms with Crippen molar-refractivity contribution in [1.82, 2.24) is 29.1 Å².